The van der Waals surface area contributed by atoms with Crippen molar-refractivity contribution in [2.75, 3.05) is 19.6 Å². The van der Waals surface area contributed by atoms with Crippen molar-refractivity contribution in [2.45, 2.75) is 40.0 Å². The summed E-state index contributed by atoms with van der Waals surface area (Å²) >= 11 is 0. The molecule has 0 radical (unpaired) electrons. The van der Waals surface area contributed by atoms with Crippen molar-refractivity contribution in [3.63, 3.8) is 0 Å². The molecule has 0 saturated carbocycles. The Hall–Kier alpha value is -1.30. The number of amidine groups is 1. The van der Waals surface area contributed by atoms with Crippen molar-refractivity contribution in [2.24, 2.45) is 16.3 Å². The molecule has 0 bridgehead atoms. The number of oxime groups is 1. The maximum Gasteiger partial charge on any atom is 0.216 e. The average Bonchev–Trinajstić information content (AvgIpc) is 2.30. The topological polar surface area (TPSA) is 99.7 Å². The van der Waals surface area contributed by atoms with Crippen LogP contribution in [0.5, 0.6) is 0 Å². The largest absolute Gasteiger partial charge is 0.409 e. The molecular weight excluding hydrogens is 232 g/mol. The Kier molecular flexibility index (Phi) is 8.11. The van der Waals surface area contributed by atoms with Gasteiger partial charge in [-0.15, -0.1) is 0 Å². The number of amides is 1. The summed E-state index contributed by atoms with van der Waals surface area (Å²) in [4.78, 5) is 10.6. The Morgan fingerprint density at radius 2 is 1.94 bits per heavy atom. The molecule has 0 atom stereocenters. The quantitative estimate of drug-likeness (QED) is 0.160. The van der Waals surface area contributed by atoms with Crippen molar-refractivity contribution < 1.29 is 10.0 Å². The van der Waals surface area contributed by atoms with Crippen LogP contribution in [0.25, 0.3) is 0 Å². The van der Waals surface area contributed by atoms with Gasteiger partial charge < -0.3 is 21.6 Å². The number of nitrogens with one attached hydrogen (secondary N) is 2. The van der Waals surface area contributed by atoms with Crippen molar-refractivity contribution in [3.05, 3.63) is 0 Å². The Balaban J connectivity index is 3.49. The van der Waals surface area contributed by atoms with Crippen LogP contribution in [0.15, 0.2) is 5.16 Å². The molecule has 6 heteroatoms. The molecular formula is C12H26N4O2. The van der Waals surface area contributed by atoms with Gasteiger partial charge in [0, 0.05) is 25.4 Å². The van der Waals surface area contributed by atoms with Crippen LogP contribution in [-0.4, -0.2) is 36.6 Å². The van der Waals surface area contributed by atoms with Gasteiger partial charge in [-0.2, -0.15) is 0 Å². The Morgan fingerprint density at radius 3 is 2.50 bits per heavy atom. The summed E-state index contributed by atoms with van der Waals surface area (Å²) < 4.78 is 0. The fourth-order valence-electron chi connectivity index (χ4n) is 1.53. The van der Waals surface area contributed by atoms with Gasteiger partial charge in [-0.1, -0.05) is 25.4 Å². The highest BCUT2D eigenvalue weighted by atomic mass is 16.4. The molecule has 0 aliphatic carbocycles. The minimum atomic E-state index is -0.259. The molecule has 18 heavy (non-hydrogen) atoms. The van der Waals surface area contributed by atoms with Gasteiger partial charge in [0.25, 0.3) is 0 Å². The van der Waals surface area contributed by atoms with Gasteiger partial charge in [0.15, 0.2) is 0 Å². The monoisotopic (exact) mass is 258 g/mol. The lowest BCUT2D eigenvalue weighted by atomic mass is 9.86. The Morgan fingerprint density at radius 1 is 1.28 bits per heavy atom. The van der Waals surface area contributed by atoms with Crippen LogP contribution in [0.3, 0.4) is 0 Å². The van der Waals surface area contributed by atoms with Crippen molar-refractivity contribution >= 4 is 11.7 Å². The maximum atomic E-state index is 10.6. The lowest BCUT2D eigenvalue weighted by Crippen LogP contribution is -2.32. The van der Waals surface area contributed by atoms with Crippen LogP contribution >= 0.6 is 0 Å². The van der Waals surface area contributed by atoms with E-state index in [1.807, 2.05) is 13.8 Å². The van der Waals surface area contributed by atoms with E-state index in [9.17, 15) is 4.79 Å². The molecule has 0 aromatic carbocycles. The van der Waals surface area contributed by atoms with Gasteiger partial charge in [-0.05, 0) is 19.4 Å². The fourth-order valence-corrected chi connectivity index (χ4v) is 1.53. The third-order valence-corrected chi connectivity index (χ3v) is 2.88. The minimum Gasteiger partial charge on any atom is -0.409 e. The third kappa shape index (κ3) is 7.89. The summed E-state index contributed by atoms with van der Waals surface area (Å²) in [6.07, 6.45) is 2.93. The summed E-state index contributed by atoms with van der Waals surface area (Å²) in [5.74, 6) is 0.276. The highest BCUT2D eigenvalue weighted by Crippen LogP contribution is 2.22. The summed E-state index contributed by atoms with van der Waals surface area (Å²) in [5, 5.41) is 17.7. The van der Waals surface area contributed by atoms with Gasteiger partial charge in [0.05, 0.1) is 0 Å². The number of carbonyl (C=O) groups excluding carboxylic acids is 1. The molecule has 0 unspecified atom stereocenters. The smallest absolute Gasteiger partial charge is 0.216 e. The molecule has 0 aliphatic rings. The minimum absolute atomic E-state index is 0.00249. The van der Waals surface area contributed by atoms with Gasteiger partial charge in [0.2, 0.25) is 5.91 Å². The summed E-state index contributed by atoms with van der Waals surface area (Å²) in [5.41, 5.74) is 5.34. The van der Waals surface area contributed by atoms with E-state index < -0.39 is 0 Å². The third-order valence-electron chi connectivity index (χ3n) is 2.88. The molecule has 0 aromatic heterocycles. The number of carbonyl (C=O) groups is 1. The molecule has 0 aromatic rings. The van der Waals surface area contributed by atoms with E-state index >= 15 is 0 Å². The predicted octanol–water partition coefficient (Wildman–Crippen LogP) is 0.655. The molecule has 0 spiro atoms. The normalized spacial score (nSPS) is 12.5. The number of hydrogen-bond donors (Lipinski definition) is 4. The van der Waals surface area contributed by atoms with Crippen molar-refractivity contribution in [1.29, 1.82) is 0 Å². The van der Waals surface area contributed by atoms with E-state index in [1.165, 1.54) is 6.92 Å². The highest BCUT2D eigenvalue weighted by molar-refractivity contribution is 5.85. The highest BCUT2D eigenvalue weighted by Gasteiger charge is 2.22. The second-order valence-electron chi connectivity index (χ2n) is 5.06. The Bertz CT molecular complexity index is 277. The number of hydrogen-bond acceptors (Lipinski definition) is 4. The van der Waals surface area contributed by atoms with E-state index in [4.69, 9.17) is 10.9 Å². The van der Waals surface area contributed by atoms with E-state index in [2.05, 4.69) is 15.8 Å². The lowest BCUT2D eigenvalue weighted by molar-refractivity contribution is -0.118. The summed E-state index contributed by atoms with van der Waals surface area (Å²) in [6.45, 7) is 7.79. The molecule has 0 aliphatic heterocycles. The van der Waals surface area contributed by atoms with Gasteiger partial charge in [-0.3, -0.25) is 4.79 Å². The number of nitrogens with two attached hydrogens (primary N) is 1. The number of nitrogens with zero attached hydrogens (tertiary/aromatic N) is 1. The lowest BCUT2D eigenvalue weighted by Gasteiger charge is -2.22. The van der Waals surface area contributed by atoms with E-state index in [0.29, 0.717) is 6.54 Å². The van der Waals surface area contributed by atoms with Crippen LogP contribution in [0.1, 0.15) is 40.0 Å². The van der Waals surface area contributed by atoms with Crippen LogP contribution in [-0.2, 0) is 4.79 Å². The van der Waals surface area contributed by atoms with E-state index in [0.717, 1.165) is 32.4 Å². The average molecular weight is 258 g/mol. The second kappa shape index (κ2) is 8.74. The maximum absolute atomic E-state index is 10.6. The van der Waals surface area contributed by atoms with E-state index in [-0.39, 0.29) is 17.2 Å². The first-order valence-corrected chi connectivity index (χ1v) is 6.33. The zero-order valence-electron chi connectivity index (χ0n) is 11.6. The van der Waals surface area contributed by atoms with Crippen LogP contribution in [0.4, 0.5) is 0 Å². The second-order valence-corrected chi connectivity index (χ2v) is 5.06. The molecule has 5 N–H and O–H groups in total. The van der Waals surface area contributed by atoms with Crippen LogP contribution in [0.2, 0.25) is 0 Å². The van der Waals surface area contributed by atoms with Gasteiger partial charge in [-0.25, -0.2) is 0 Å². The molecule has 0 saturated heterocycles. The zero-order chi connectivity index (χ0) is 14.0. The fraction of sp³-hybridized carbons (Fsp3) is 0.833. The number of rotatable bonds is 9. The molecule has 0 rings (SSSR count). The van der Waals surface area contributed by atoms with Crippen LogP contribution in [0, 0.1) is 5.41 Å². The predicted molar refractivity (Wildman–Crippen MR) is 72.6 cm³/mol. The first-order valence-electron chi connectivity index (χ1n) is 6.33. The van der Waals surface area contributed by atoms with Gasteiger partial charge >= 0.3 is 0 Å². The summed E-state index contributed by atoms with van der Waals surface area (Å²) in [6, 6.07) is 0. The van der Waals surface area contributed by atoms with Gasteiger partial charge in [0.1, 0.15) is 5.84 Å². The standard InChI is InChI=1S/C12H26N4O2/c1-10(17)15-9-8-14-7-5-4-6-12(2,3)11(13)16-18/h14,18H,4-9H2,1-3H3,(H2,13,16)(H,15,17). The molecule has 6 nitrogen and oxygen atoms in total. The molecule has 1 amide bonds. The SMILES string of the molecule is CC(=O)NCCNCCCCC(C)(C)C(N)=NO. The number of unbranched alkanes of at least 4 members (excludes halogenated alkanes) is 1. The molecule has 0 fully saturated rings. The van der Waals surface area contributed by atoms with Crippen molar-refractivity contribution in [3.8, 4) is 0 Å². The first-order chi connectivity index (χ1) is 8.40. The molecule has 0 heterocycles. The summed E-state index contributed by atoms with van der Waals surface area (Å²) in [7, 11) is 0. The first kappa shape index (κ1) is 16.7. The van der Waals surface area contributed by atoms with Crippen molar-refractivity contribution in [1.82, 2.24) is 10.6 Å². The Labute approximate surface area is 109 Å². The zero-order valence-corrected chi connectivity index (χ0v) is 11.6. The van der Waals surface area contributed by atoms with E-state index in [1.54, 1.807) is 0 Å². The van der Waals surface area contributed by atoms with Crippen LogP contribution < -0.4 is 16.4 Å². The molecule has 106 valence electrons.